The first-order valence-electron chi connectivity index (χ1n) is 9.18. The molecule has 0 spiro atoms. The smallest absolute Gasteiger partial charge is 0.351 e. The van der Waals surface area contributed by atoms with E-state index in [4.69, 9.17) is 28.2 Å². The summed E-state index contributed by atoms with van der Waals surface area (Å²) in [7, 11) is -4.75. The molecule has 146 valence electrons. The van der Waals surface area contributed by atoms with Gasteiger partial charge in [-0.1, -0.05) is 19.6 Å². The summed E-state index contributed by atoms with van der Waals surface area (Å²) in [6.45, 7) is 17.2. The maximum absolute atomic E-state index is 6.49. The summed E-state index contributed by atoms with van der Waals surface area (Å²) >= 11 is 0. The fourth-order valence-electron chi connectivity index (χ4n) is 2.74. The van der Waals surface area contributed by atoms with Gasteiger partial charge < -0.3 is 28.2 Å². The highest BCUT2D eigenvalue weighted by Gasteiger charge is 2.53. The third kappa shape index (κ3) is 9.05. The molecule has 24 heavy (non-hydrogen) atoms. The van der Waals surface area contributed by atoms with Gasteiger partial charge in [0.2, 0.25) is 0 Å². The van der Waals surface area contributed by atoms with Gasteiger partial charge in [-0.15, -0.1) is 0 Å². The molecular weight excluding hydrogens is 342 g/mol. The van der Waals surface area contributed by atoms with Crippen molar-refractivity contribution in [2.45, 2.75) is 72.0 Å². The summed E-state index contributed by atoms with van der Waals surface area (Å²) in [5.74, 6) is -0.760. The van der Waals surface area contributed by atoms with Crippen molar-refractivity contribution in [1.82, 2.24) is 0 Å². The molecule has 1 atom stereocenters. The maximum atomic E-state index is 6.49. The van der Waals surface area contributed by atoms with Gasteiger partial charge in [0.1, 0.15) is 0 Å². The van der Waals surface area contributed by atoms with Gasteiger partial charge >= 0.3 is 9.05 Å². The van der Waals surface area contributed by atoms with Crippen LogP contribution in [0.4, 0.5) is 0 Å². The van der Waals surface area contributed by atoms with E-state index in [9.17, 15) is 0 Å². The van der Waals surface area contributed by atoms with Crippen molar-refractivity contribution in [2.24, 2.45) is 5.73 Å². The van der Waals surface area contributed by atoms with Gasteiger partial charge in [-0.3, -0.25) is 0 Å². The Morgan fingerprint density at radius 3 is 1.67 bits per heavy atom. The van der Waals surface area contributed by atoms with Crippen LogP contribution in [0.5, 0.6) is 0 Å². The number of hydrogen-bond acceptors (Lipinski definition) is 6. The summed E-state index contributed by atoms with van der Waals surface area (Å²) in [6, 6.07) is 0.843. The van der Waals surface area contributed by atoms with Crippen molar-refractivity contribution in [1.29, 1.82) is 0 Å². The van der Waals surface area contributed by atoms with Crippen LogP contribution in [0.15, 0.2) is 0 Å². The first kappa shape index (κ1) is 24.2. The number of ether oxygens (including phenoxy) is 1. The first-order valence-corrected chi connectivity index (χ1v) is 14.5. The van der Waals surface area contributed by atoms with E-state index in [1.165, 1.54) is 0 Å². The average molecular weight is 382 g/mol. The van der Waals surface area contributed by atoms with E-state index in [2.05, 4.69) is 19.6 Å². The highest BCUT2D eigenvalue weighted by Crippen LogP contribution is 2.34. The summed E-state index contributed by atoms with van der Waals surface area (Å²) < 4.78 is 30.3. The van der Waals surface area contributed by atoms with Crippen LogP contribution in [0, 0.1) is 0 Å². The van der Waals surface area contributed by atoms with Gasteiger partial charge in [-0.2, -0.15) is 0 Å². The lowest BCUT2D eigenvalue weighted by atomic mass is 10.1. The zero-order valence-electron chi connectivity index (χ0n) is 16.8. The molecule has 0 aromatic rings. The van der Waals surface area contributed by atoms with Crippen molar-refractivity contribution >= 4 is 17.1 Å². The molecule has 0 saturated carbocycles. The highest BCUT2D eigenvalue weighted by molar-refractivity contribution is 6.76. The van der Waals surface area contributed by atoms with Gasteiger partial charge in [0.15, 0.2) is 5.79 Å². The zero-order chi connectivity index (χ0) is 18.7. The first-order chi connectivity index (χ1) is 11.2. The minimum Gasteiger partial charge on any atom is -0.351 e. The minimum atomic E-state index is -3.26. The predicted molar refractivity (Wildman–Crippen MR) is 103 cm³/mol. The van der Waals surface area contributed by atoms with E-state index in [1.54, 1.807) is 0 Å². The molecule has 0 radical (unpaired) electrons. The van der Waals surface area contributed by atoms with E-state index < -0.39 is 22.9 Å². The summed E-state index contributed by atoms with van der Waals surface area (Å²) in [5, 5.41) is 0. The second-order valence-electron chi connectivity index (χ2n) is 6.87. The molecular formula is C16H39NO5Si2. The Bertz CT molecular complexity index is 311. The Hall–Kier alpha value is 0.194. The van der Waals surface area contributed by atoms with Gasteiger partial charge in [-0.25, -0.2) is 0 Å². The normalized spacial score (nSPS) is 15.5. The predicted octanol–water partition coefficient (Wildman–Crippen LogP) is 3.36. The van der Waals surface area contributed by atoms with Gasteiger partial charge in [0, 0.05) is 32.8 Å². The molecule has 0 aliphatic carbocycles. The van der Waals surface area contributed by atoms with E-state index in [0.717, 1.165) is 12.5 Å². The molecule has 8 heteroatoms. The van der Waals surface area contributed by atoms with Crippen LogP contribution in [0.1, 0.15) is 40.5 Å². The molecule has 6 nitrogen and oxygen atoms in total. The number of hydrogen-bond donors (Lipinski definition) is 1. The molecule has 0 aromatic carbocycles. The van der Waals surface area contributed by atoms with E-state index in [1.807, 2.05) is 27.7 Å². The average Bonchev–Trinajstić information content (AvgIpc) is 2.44. The zero-order valence-corrected chi connectivity index (χ0v) is 18.8. The summed E-state index contributed by atoms with van der Waals surface area (Å²) in [4.78, 5) is 0. The second-order valence-corrected chi connectivity index (χ2v) is 14.4. The fraction of sp³-hybridized carbons (Fsp3) is 1.00. The van der Waals surface area contributed by atoms with Crippen molar-refractivity contribution in [2.75, 3.05) is 33.0 Å². The van der Waals surface area contributed by atoms with Gasteiger partial charge in [0.25, 0.3) is 0 Å². The van der Waals surface area contributed by atoms with Crippen molar-refractivity contribution in [3.8, 4) is 0 Å². The van der Waals surface area contributed by atoms with Gasteiger partial charge in [-0.05, 0) is 46.7 Å². The number of rotatable bonds is 15. The highest BCUT2D eigenvalue weighted by atomic mass is 28.4. The summed E-state index contributed by atoms with van der Waals surface area (Å²) in [5.41, 5.74) is 5.75. The molecule has 0 fully saturated rings. The molecule has 2 N–H and O–H groups in total. The Kier molecular flexibility index (Phi) is 11.8. The Morgan fingerprint density at radius 2 is 1.33 bits per heavy atom. The fourth-order valence-corrected chi connectivity index (χ4v) is 7.03. The topological polar surface area (TPSA) is 72.2 Å². The van der Waals surface area contributed by atoms with E-state index in [0.29, 0.717) is 39.4 Å². The number of nitrogens with two attached hydrogens (primary N) is 1. The molecule has 0 saturated heterocycles. The van der Waals surface area contributed by atoms with Crippen molar-refractivity contribution < 1.29 is 22.4 Å². The molecule has 0 amide bonds. The standard InChI is InChI=1S/C16H39NO5Si2/c1-8-18-16(13-12-14-17,15-23(5,6)7)22-24(19-9-2,20-10-3)21-11-4/h8-15,17H2,1-7H3. The molecule has 0 heterocycles. The van der Waals surface area contributed by atoms with Gasteiger partial charge in [0.05, 0.1) is 8.07 Å². The van der Waals surface area contributed by atoms with Crippen LogP contribution in [0.3, 0.4) is 0 Å². The Balaban J connectivity index is 5.67. The third-order valence-electron chi connectivity index (χ3n) is 3.24. The monoisotopic (exact) mass is 381 g/mol. The van der Waals surface area contributed by atoms with Crippen LogP contribution in [-0.4, -0.2) is 55.9 Å². The SMILES string of the molecule is CCOC(CCCN)(C[Si](C)(C)C)O[Si](OCC)(OCC)OCC. The second kappa shape index (κ2) is 11.7. The third-order valence-corrected chi connectivity index (χ3v) is 7.39. The summed E-state index contributed by atoms with van der Waals surface area (Å²) in [6.07, 6.45) is 1.53. The molecule has 0 bridgehead atoms. The van der Waals surface area contributed by atoms with Crippen molar-refractivity contribution in [3.63, 3.8) is 0 Å². The van der Waals surface area contributed by atoms with Crippen LogP contribution in [0.2, 0.25) is 25.7 Å². The molecule has 0 aromatic heterocycles. The largest absolute Gasteiger partial charge is 0.681 e. The molecule has 0 aliphatic rings. The molecule has 1 unspecified atom stereocenters. The Morgan fingerprint density at radius 1 is 0.833 bits per heavy atom. The lowest BCUT2D eigenvalue weighted by Gasteiger charge is -2.42. The van der Waals surface area contributed by atoms with Crippen molar-refractivity contribution in [3.05, 3.63) is 0 Å². The minimum absolute atomic E-state index is 0.470. The van der Waals surface area contributed by atoms with Crippen LogP contribution < -0.4 is 5.73 Å². The molecule has 0 aliphatic heterocycles. The van der Waals surface area contributed by atoms with E-state index >= 15 is 0 Å². The Labute approximate surface area is 150 Å². The molecule has 0 rings (SSSR count). The van der Waals surface area contributed by atoms with Crippen LogP contribution >= 0.6 is 0 Å². The maximum Gasteiger partial charge on any atom is 0.681 e. The van der Waals surface area contributed by atoms with E-state index in [-0.39, 0.29) is 0 Å². The lowest BCUT2D eigenvalue weighted by Crippen LogP contribution is -2.58. The lowest BCUT2D eigenvalue weighted by molar-refractivity contribution is -0.219. The van der Waals surface area contributed by atoms with Crippen LogP contribution in [-0.2, 0) is 22.4 Å². The van der Waals surface area contributed by atoms with Crippen LogP contribution in [0.25, 0.3) is 0 Å². The quantitative estimate of drug-likeness (QED) is 0.346.